The molecule has 0 unspecified atom stereocenters. The van der Waals surface area contributed by atoms with Crippen LogP contribution in [0.4, 0.5) is 0 Å². The van der Waals surface area contributed by atoms with Crippen LogP contribution in [0.25, 0.3) is 0 Å². The fourth-order valence-corrected chi connectivity index (χ4v) is 1.57. The van der Waals surface area contributed by atoms with Crippen molar-refractivity contribution in [3.63, 3.8) is 0 Å². The normalized spacial score (nSPS) is 12.0. The van der Waals surface area contributed by atoms with E-state index in [1.807, 2.05) is 0 Å². The second-order valence-electron chi connectivity index (χ2n) is 6.79. The van der Waals surface area contributed by atoms with Crippen molar-refractivity contribution in [2.75, 3.05) is 0 Å². The molecule has 20 heavy (non-hydrogen) atoms. The molecule has 0 spiro atoms. The summed E-state index contributed by atoms with van der Waals surface area (Å²) in [7, 11) is 0. The molecule has 0 aliphatic carbocycles. The third kappa shape index (κ3) is 8.73. The van der Waals surface area contributed by atoms with Crippen LogP contribution in [0.3, 0.4) is 0 Å². The van der Waals surface area contributed by atoms with E-state index in [1.165, 1.54) is 0 Å². The molecule has 0 saturated heterocycles. The zero-order valence-electron chi connectivity index (χ0n) is 13.0. The Kier molecular flexibility index (Phi) is 7.54. The van der Waals surface area contributed by atoms with E-state index in [9.17, 15) is 19.2 Å². The van der Waals surface area contributed by atoms with Crippen molar-refractivity contribution >= 4 is 24.1 Å². The Bertz CT molecular complexity index is 331. The summed E-state index contributed by atoms with van der Waals surface area (Å²) in [5, 5.41) is 0. The molecule has 0 heterocycles. The fourth-order valence-electron chi connectivity index (χ4n) is 1.57. The molecule has 0 aliphatic rings. The first-order valence-corrected chi connectivity index (χ1v) is 7.08. The molecular weight excluding hydrogens is 256 g/mol. The third-order valence-corrected chi connectivity index (χ3v) is 3.42. The van der Waals surface area contributed by atoms with Crippen molar-refractivity contribution in [3.8, 4) is 0 Å². The van der Waals surface area contributed by atoms with E-state index in [4.69, 9.17) is 0 Å². The molecule has 0 aromatic heterocycles. The summed E-state index contributed by atoms with van der Waals surface area (Å²) in [6.07, 6.45) is 3.87. The maximum absolute atomic E-state index is 11.6. The molecule has 0 rings (SSSR count). The lowest BCUT2D eigenvalue weighted by molar-refractivity contribution is -0.125. The molecular formula is C16H26O4. The minimum absolute atomic E-state index is 0.0166. The number of carbonyl (C=O) groups is 4. The highest BCUT2D eigenvalue weighted by atomic mass is 16.1. The molecule has 0 bridgehead atoms. The highest BCUT2D eigenvalue weighted by molar-refractivity contribution is 5.86. The molecule has 0 radical (unpaired) electrons. The van der Waals surface area contributed by atoms with Crippen molar-refractivity contribution in [1.82, 2.24) is 0 Å². The zero-order chi connectivity index (χ0) is 15.8. The van der Waals surface area contributed by atoms with Gasteiger partial charge in [0.05, 0.1) is 0 Å². The Balaban J connectivity index is 3.93. The lowest BCUT2D eigenvalue weighted by Gasteiger charge is -2.16. The summed E-state index contributed by atoms with van der Waals surface area (Å²) in [5.74, 6) is 0.0332. The van der Waals surface area contributed by atoms with Crippen LogP contribution in [-0.4, -0.2) is 24.1 Å². The van der Waals surface area contributed by atoms with Gasteiger partial charge in [-0.25, -0.2) is 0 Å². The van der Waals surface area contributed by atoms with Gasteiger partial charge in [0.15, 0.2) is 0 Å². The van der Waals surface area contributed by atoms with Crippen LogP contribution in [0, 0.1) is 10.8 Å². The molecule has 0 saturated carbocycles. The van der Waals surface area contributed by atoms with Gasteiger partial charge in [-0.15, -0.1) is 0 Å². The molecule has 0 amide bonds. The highest BCUT2D eigenvalue weighted by Crippen LogP contribution is 2.21. The van der Waals surface area contributed by atoms with Gasteiger partial charge in [0.2, 0.25) is 0 Å². The number of aldehydes is 2. The van der Waals surface area contributed by atoms with E-state index in [2.05, 4.69) is 0 Å². The molecule has 114 valence electrons. The summed E-state index contributed by atoms with van der Waals surface area (Å²) >= 11 is 0. The second-order valence-corrected chi connectivity index (χ2v) is 6.79. The monoisotopic (exact) mass is 282 g/mol. The molecule has 0 atom stereocenters. The van der Waals surface area contributed by atoms with Gasteiger partial charge >= 0.3 is 0 Å². The van der Waals surface area contributed by atoms with E-state index in [0.29, 0.717) is 25.7 Å². The first-order valence-electron chi connectivity index (χ1n) is 7.08. The van der Waals surface area contributed by atoms with Crippen LogP contribution in [-0.2, 0) is 19.2 Å². The molecule has 4 heteroatoms. The van der Waals surface area contributed by atoms with Crippen LogP contribution in [0.5, 0.6) is 0 Å². The van der Waals surface area contributed by atoms with Gasteiger partial charge in [-0.2, -0.15) is 0 Å². The zero-order valence-corrected chi connectivity index (χ0v) is 13.0. The van der Waals surface area contributed by atoms with Gasteiger partial charge < -0.3 is 9.59 Å². The number of ketones is 2. The predicted molar refractivity (Wildman–Crippen MR) is 77.4 cm³/mol. The average Bonchev–Trinajstić information content (AvgIpc) is 2.40. The van der Waals surface area contributed by atoms with Gasteiger partial charge in [0.1, 0.15) is 24.1 Å². The third-order valence-electron chi connectivity index (χ3n) is 3.42. The van der Waals surface area contributed by atoms with E-state index in [0.717, 1.165) is 12.6 Å². The summed E-state index contributed by atoms with van der Waals surface area (Å²) in [6, 6.07) is 0. The van der Waals surface area contributed by atoms with E-state index in [1.54, 1.807) is 27.7 Å². The standard InChI is InChI=1S/C16H26O4/c1-15(2,11-17)9-7-13(19)5-6-14(20)8-10-16(3,4)12-18/h11-12H,5-10H2,1-4H3. The lowest BCUT2D eigenvalue weighted by atomic mass is 9.87. The fraction of sp³-hybridized carbons (Fsp3) is 0.750. The maximum atomic E-state index is 11.6. The van der Waals surface area contributed by atoms with E-state index < -0.39 is 10.8 Å². The quantitative estimate of drug-likeness (QED) is 0.546. The van der Waals surface area contributed by atoms with Crippen LogP contribution < -0.4 is 0 Å². The number of Topliss-reactive ketones (excluding diaryl/α,β-unsaturated/α-hetero) is 2. The number of carbonyl (C=O) groups excluding carboxylic acids is 4. The molecule has 0 aromatic rings. The summed E-state index contributed by atoms with van der Waals surface area (Å²) in [5.41, 5.74) is -0.957. The lowest BCUT2D eigenvalue weighted by Crippen LogP contribution is -2.16. The van der Waals surface area contributed by atoms with Crippen LogP contribution in [0.2, 0.25) is 0 Å². The van der Waals surface area contributed by atoms with Gasteiger partial charge in [-0.05, 0) is 12.8 Å². The van der Waals surface area contributed by atoms with Crippen LogP contribution in [0.1, 0.15) is 66.2 Å². The minimum Gasteiger partial charge on any atom is -0.303 e. The summed E-state index contributed by atoms with van der Waals surface area (Å²) in [4.78, 5) is 44.7. The summed E-state index contributed by atoms with van der Waals surface area (Å²) < 4.78 is 0. The van der Waals surface area contributed by atoms with Crippen LogP contribution >= 0.6 is 0 Å². The molecule has 0 aromatic carbocycles. The molecule has 0 aliphatic heterocycles. The van der Waals surface area contributed by atoms with E-state index >= 15 is 0 Å². The SMILES string of the molecule is CC(C)(C=O)CCC(=O)CCC(=O)CCC(C)(C)C=O. The number of rotatable bonds is 11. The maximum Gasteiger partial charge on any atom is 0.133 e. The smallest absolute Gasteiger partial charge is 0.133 e. The highest BCUT2D eigenvalue weighted by Gasteiger charge is 2.20. The van der Waals surface area contributed by atoms with Crippen molar-refractivity contribution in [2.45, 2.75) is 66.2 Å². The van der Waals surface area contributed by atoms with Gasteiger partial charge in [-0.3, -0.25) is 9.59 Å². The average molecular weight is 282 g/mol. The predicted octanol–water partition coefficient (Wildman–Crippen LogP) is 2.92. The summed E-state index contributed by atoms with van der Waals surface area (Å²) in [6.45, 7) is 7.17. The van der Waals surface area contributed by atoms with E-state index in [-0.39, 0.29) is 24.4 Å². The van der Waals surface area contributed by atoms with Crippen molar-refractivity contribution in [3.05, 3.63) is 0 Å². The van der Waals surface area contributed by atoms with Gasteiger partial charge in [0.25, 0.3) is 0 Å². The topological polar surface area (TPSA) is 68.3 Å². The largest absolute Gasteiger partial charge is 0.303 e. The van der Waals surface area contributed by atoms with Gasteiger partial charge in [0, 0.05) is 36.5 Å². The molecule has 0 fully saturated rings. The van der Waals surface area contributed by atoms with Crippen LogP contribution in [0.15, 0.2) is 0 Å². The Hall–Kier alpha value is -1.32. The van der Waals surface area contributed by atoms with Crippen molar-refractivity contribution < 1.29 is 19.2 Å². The number of hydrogen-bond acceptors (Lipinski definition) is 4. The van der Waals surface area contributed by atoms with Crippen molar-refractivity contribution in [1.29, 1.82) is 0 Å². The molecule has 4 nitrogen and oxygen atoms in total. The minimum atomic E-state index is -0.479. The molecule has 0 N–H and O–H groups in total. The Labute approximate surface area is 121 Å². The van der Waals surface area contributed by atoms with Gasteiger partial charge in [-0.1, -0.05) is 27.7 Å². The first kappa shape index (κ1) is 18.7. The first-order chi connectivity index (χ1) is 9.12. The number of hydrogen-bond donors (Lipinski definition) is 0. The van der Waals surface area contributed by atoms with Crippen molar-refractivity contribution in [2.24, 2.45) is 10.8 Å². The Morgan fingerprint density at radius 3 is 1.25 bits per heavy atom. The Morgan fingerprint density at radius 2 is 1.00 bits per heavy atom. The second kappa shape index (κ2) is 8.08. The Morgan fingerprint density at radius 1 is 0.700 bits per heavy atom.